The van der Waals surface area contributed by atoms with E-state index in [2.05, 4.69) is 30.6 Å². The van der Waals surface area contributed by atoms with Crippen molar-refractivity contribution in [2.24, 2.45) is 0 Å². The zero-order valence-electron chi connectivity index (χ0n) is 7.25. The summed E-state index contributed by atoms with van der Waals surface area (Å²) in [6, 6.07) is 0. The second-order valence-corrected chi connectivity index (χ2v) is 3.50. The van der Waals surface area contributed by atoms with Gasteiger partial charge in [-0.3, -0.25) is 4.79 Å². The van der Waals surface area contributed by atoms with Gasteiger partial charge in [-0.15, -0.1) is 0 Å². The molecule has 0 aromatic heterocycles. The fourth-order valence-corrected chi connectivity index (χ4v) is 1.17. The van der Waals surface area contributed by atoms with Crippen LogP contribution in [0.25, 0.3) is 0 Å². The maximum Gasteiger partial charge on any atom is 0.220 e. The van der Waals surface area contributed by atoms with Gasteiger partial charge in [0.2, 0.25) is 5.91 Å². The first-order valence-electron chi connectivity index (χ1n) is 4.29. The number of rotatable bonds is 7. The van der Waals surface area contributed by atoms with Crippen molar-refractivity contribution in [3.05, 3.63) is 0 Å². The molecule has 2 nitrogen and oxygen atoms in total. The topological polar surface area (TPSA) is 29.1 Å². The van der Waals surface area contributed by atoms with Crippen molar-refractivity contribution in [2.75, 3.05) is 18.1 Å². The molecule has 0 aromatic rings. The minimum Gasteiger partial charge on any atom is -0.356 e. The standard InChI is InChI=1S/C8H17NOS2/c10-8(4-3-7-12)9-5-1-2-6-11/h11-12H,1-7H2,(H,9,10). The maximum absolute atomic E-state index is 11.0. The highest BCUT2D eigenvalue weighted by Gasteiger charge is 1.97. The molecule has 0 saturated heterocycles. The minimum atomic E-state index is 0.142. The Bertz CT molecular complexity index is 120. The predicted molar refractivity (Wildman–Crippen MR) is 59.2 cm³/mol. The van der Waals surface area contributed by atoms with Gasteiger partial charge in [-0.25, -0.2) is 0 Å². The second kappa shape index (κ2) is 9.26. The van der Waals surface area contributed by atoms with Gasteiger partial charge in [-0.1, -0.05) is 0 Å². The van der Waals surface area contributed by atoms with Crippen molar-refractivity contribution in [1.82, 2.24) is 5.32 Å². The minimum absolute atomic E-state index is 0.142. The summed E-state index contributed by atoms with van der Waals surface area (Å²) in [5.41, 5.74) is 0. The van der Waals surface area contributed by atoms with Crippen LogP contribution in [-0.4, -0.2) is 24.0 Å². The maximum atomic E-state index is 11.0. The third kappa shape index (κ3) is 8.27. The van der Waals surface area contributed by atoms with E-state index in [0.29, 0.717) is 6.42 Å². The van der Waals surface area contributed by atoms with Crippen LogP contribution in [0.3, 0.4) is 0 Å². The molecule has 0 rings (SSSR count). The van der Waals surface area contributed by atoms with Crippen molar-refractivity contribution in [3.63, 3.8) is 0 Å². The van der Waals surface area contributed by atoms with Crippen molar-refractivity contribution in [1.29, 1.82) is 0 Å². The van der Waals surface area contributed by atoms with Gasteiger partial charge in [0.1, 0.15) is 0 Å². The molecule has 0 fully saturated rings. The lowest BCUT2D eigenvalue weighted by atomic mass is 10.3. The third-order valence-corrected chi connectivity index (χ3v) is 2.10. The molecule has 4 heteroatoms. The Morgan fingerprint density at radius 2 is 1.75 bits per heavy atom. The van der Waals surface area contributed by atoms with Crippen molar-refractivity contribution in [3.8, 4) is 0 Å². The summed E-state index contributed by atoms with van der Waals surface area (Å²) in [4.78, 5) is 11.0. The molecule has 1 amide bonds. The Labute approximate surface area is 85.3 Å². The van der Waals surface area contributed by atoms with Gasteiger partial charge >= 0.3 is 0 Å². The highest BCUT2D eigenvalue weighted by Crippen LogP contribution is 1.92. The van der Waals surface area contributed by atoms with Crippen LogP contribution in [0.2, 0.25) is 0 Å². The summed E-state index contributed by atoms with van der Waals surface area (Å²) in [6.07, 6.45) is 3.55. The lowest BCUT2D eigenvalue weighted by Crippen LogP contribution is -2.24. The predicted octanol–water partition coefficient (Wildman–Crippen LogP) is 1.52. The van der Waals surface area contributed by atoms with Crippen molar-refractivity contribution >= 4 is 31.2 Å². The molecular formula is C8H17NOS2. The van der Waals surface area contributed by atoms with Gasteiger partial charge in [-0.2, -0.15) is 25.3 Å². The Morgan fingerprint density at radius 3 is 2.33 bits per heavy atom. The van der Waals surface area contributed by atoms with Gasteiger partial charge in [0, 0.05) is 13.0 Å². The van der Waals surface area contributed by atoms with Gasteiger partial charge < -0.3 is 5.32 Å². The SMILES string of the molecule is O=C(CCCS)NCCCCS. The quantitative estimate of drug-likeness (QED) is 0.429. The normalized spacial score (nSPS) is 9.83. The average Bonchev–Trinajstić information content (AvgIpc) is 2.09. The molecule has 0 saturated carbocycles. The van der Waals surface area contributed by atoms with Gasteiger partial charge in [0.25, 0.3) is 0 Å². The van der Waals surface area contributed by atoms with E-state index in [1.807, 2.05) is 0 Å². The van der Waals surface area contributed by atoms with Gasteiger partial charge in [-0.05, 0) is 30.8 Å². The largest absolute Gasteiger partial charge is 0.356 e. The van der Waals surface area contributed by atoms with E-state index in [9.17, 15) is 4.79 Å². The summed E-state index contributed by atoms with van der Waals surface area (Å²) >= 11 is 8.11. The summed E-state index contributed by atoms with van der Waals surface area (Å²) in [5, 5.41) is 2.85. The molecule has 72 valence electrons. The number of nitrogens with one attached hydrogen (secondary N) is 1. The summed E-state index contributed by atoms with van der Waals surface area (Å²) < 4.78 is 0. The molecule has 0 aliphatic rings. The van der Waals surface area contributed by atoms with Crippen LogP contribution in [0, 0.1) is 0 Å². The summed E-state index contributed by atoms with van der Waals surface area (Å²) in [5.74, 6) is 1.82. The number of unbranched alkanes of at least 4 members (excludes halogenated alkanes) is 1. The number of hydrogen-bond acceptors (Lipinski definition) is 3. The Kier molecular flexibility index (Phi) is 9.39. The smallest absolute Gasteiger partial charge is 0.220 e. The summed E-state index contributed by atoms with van der Waals surface area (Å²) in [6.45, 7) is 0.784. The molecule has 0 heterocycles. The van der Waals surface area contributed by atoms with Crippen LogP contribution < -0.4 is 5.32 Å². The lowest BCUT2D eigenvalue weighted by Gasteiger charge is -2.02. The molecule has 0 atom stereocenters. The van der Waals surface area contributed by atoms with Gasteiger partial charge in [0.15, 0.2) is 0 Å². The van der Waals surface area contributed by atoms with Crippen LogP contribution >= 0.6 is 25.3 Å². The Hall–Kier alpha value is 0.170. The lowest BCUT2D eigenvalue weighted by molar-refractivity contribution is -0.121. The first-order valence-corrected chi connectivity index (χ1v) is 5.56. The third-order valence-electron chi connectivity index (χ3n) is 1.47. The van der Waals surface area contributed by atoms with Gasteiger partial charge in [0.05, 0.1) is 0 Å². The highest BCUT2D eigenvalue weighted by molar-refractivity contribution is 7.80. The molecule has 0 bridgehead atoms. The molecule has 0 radical (unpaired) electrons. The number of carbonyl (C=O) groups excluding carboxylic acids is 1. The van der Waals surface area contributed by atoms with E-state index in [-0.39, 0.29) is 5.91 Å². The van der Waals surface area contributed by atoms with Crippen LogP contribution in [0.1, 0.15) is 25.7 Å². The van der Waals surface area contributed by atoms with Crippen molar-refractivity contribution in [2.45, 2.75) is 25.7 Å². The molecule has 0 aliphatic carbocycles. The van der Waals surface area contributed by atoms with E-state index < -0.39 is 0 Å². The van der Waals surface area contributed by atoms with Crippen LogP contribution in [0.5, 0.6) is 0 Å². The number of amides is 1. The van der Waals surface area contributed by atoms with Crippen LogP contribution in [0.4, 0.5) is 0 Å². The van der Waals surface area contributed by atoms with E-state index in [0.717, 1.165) is 37.3 Å². The monoisotopic (exact) mass is 207 g/mol. The van der Waals surface area contributed by atoms with E-state index >= 15 is 0 Å². The zero-order valence-corrected chi connectivity index (χ0v) is 9.04. The molecular weight excluding hydrogens is 190 g/mol. The fraction of sp³-hybridized carbons (Fsp3) is 0.875. The van der Waals surface area contributed by atoms with Crippen molar-refractivity contribution < 1.29 is 4.79 Å². The van der Waals surface area contributed by atoms with E-state index in [1.165, 1.54) is 0 Å². The molecule has 0 aliphatic heterocycles. The Morgan fingerprint density at radius 1 is 1.08 bits per heavy atom. The van der Waals surface area contributed by atoms with E-state index in [1.54, 1.807) is 0 Å². The highest BCUT2D eigenvalue weighted by atomic mass is 32.1. The number of thiol groups is 2. The molecule has 0 spiro atoms. The first kappa shape index (κ1) is 12.2. The number of carbonyl (C=O) groups is 1. The molecule has 12 heavy (non-hydrogen) atoms. The molecule has 0 aromatic carbocycles. The second-order valence-electron chi connectivity index (χ2n) is 2.61. The fourth-order valence-electron chi connectivity index (χ4n) is 0.793. The average molecular weight is 207 g/mol. The van der Waals surface area contributed by atoms with Crippen LogP contribution in [-0.2, 0) is 4.79 Å². The summed E-state index contributed by atoms with van der Waals surface area (Å²) in [7, 11) is 0. The molecule has 0 unspecified atom stereocenters. The molecule has 1 N–H and O–H groups in total. The Balaban J connectivity index is 3.08. The van der Waals surface area contributed by atoms with E-state index in [4.69, 9.17) is 0 Å². The van der Waals surface area contributed by atoms with Crippen LogP contribution in [0.15, 0.2) is 0 Å². The number of hydrogen-bond donors (Lipinski definition) is 3. The zero-order chi connectivity index (χ0) is 9.23. The first-order chi connectivity index (χ1) is 5.81.